The minimum absolute atomic E-state index is 0.123. The molecule has 0 aliphatic rings. The van der Waals surface area contributed by atoms with Crippen LogP contribution in [0.1, 0.15) is 20.8 Å². The molecule has 0 amide bonds. The number of hydrogen-bond acceptors (Lipinski definition) is 5. The number of nitro benzene ring substituents is 1. The van der Waals surface area contributed by atoms with Gasteiger partial charge in [-0.1, -0.05) is 20.8 Å². The predicted molar refractivity (Wildman–Crippen MR) is 76.7 cm³/mol. The summed E-state index contributed by atoms with van der Waals surface area (Å²) in [7, 11) is -3.93. The lowest BCUT2D eigenvalue weighted by atomic mass is 9.99. The second kappa shape index (κ2) is 6.19. The molecule has 0 saturated carbocycles. The third kappa shape index (κ3) is 3.91. The molecule has 0 aromatic heterocycles. The van der Waals surface area contributed by atoms with E-state index in [1.54, 1.807) is 0 Å². The first kappa shape index (κ1) is 16.4. The zero-order chi connectivity index (χ0) is 15.5. The monoisotopic (exact) mass is 301 g/mol. The highest BCUT2D eigenvalue weighted by atomic mass is 32.2. The van der Waals surface area contributed by atoms with Crippen LogP contribution in [0, 0.1) is 22.0 Å². The van der Waals surface area contributed by atoms with Crippen LogP contribution < -0.4 is 10.5 Å². The van der Waals surface area contributed by atoms with Gasteiger partial charge in [-0.25, -0.2) is 13.1 Å². The van der Waals surface area contributed by atoms with E-state index in [0.717, 1.165) is 12.1 Å². The van der Waals surface area contributed by atoms with Crippen molar-refractivity contribution in [3.05, 3.63) is 28.3 Å². The first-order valence-electron chi connectivity index (χ1n) is 6.18. The first-order chi connectivity index (χ1) is 9.15. The molecule has 8 heteroatoms. The molecule has 1 unspecified atom stereocenters. The normalized spacial score (nSPS) is 13.4. The van der Waals surface area contributed by atoms with Gasteiger partial charge < -0.3 is 5.73 Å². The van der Waals surface area contributed by atoms with Gasteiger partial charge in [0, 0.05) is 18.3 Å². The van der Waals surface area contributed by atoms with Crippen LogP contribution in [-0.4, -0.2) is 19.9 Å². The van der Waals surface area contributed by atoms with E-state index >= 15 is 0 Å². The van der Waals surface area contributed by atoms with Crippen molar-refractivity contribution >= 4 is 21.4 Å². The molecule has 3 N–H and O–H groups in total. The van der Waals surface area contributed by atoms with Crippen molar-refractivity contribution in [2.75, 3.05) is 12.3 Å². The Hall–Kier alpha value is -1.67. The van der Waals surface area contributed by atoms with Gasteiger partial charge in [-0.2, -0.15) is 0 Å². The van der Waals surface area contributed by atoms with Gasteiger partial charge >= 0.3 is 0 Å². The summed E-state index contributed by atoms with van der Waals surface area (Å²) in [5.41, 5.74) is 5.08. The van der Waals surface area contributed by atoms with Gasteiger partial charge in [0.1, 0.15) is 0 Å². The van der Waals surface area contributed by atoms with Crippen molar-refractivity contribution in [1.82, 2.24) is 4.72 Å². The van der Waals surface area contributed by atoms with E-state index < -0.39 is 20.6 Å². The average Bonchev–Trinajstić information content (AvgIpc) is 2.35. The van der Waals surface area contributed by atoms with E-state index in [4.69, 9.17) is 5.73 Å². The van der Waals surface area contributed by atoms with Crippen molar-refractivity contribution in [2.45, 2.75) is 25.7 Å². The fraction of sp³-hybridized carbons (Fsp3) is 0.500. The van der Waals surface area contributed by atoms with Gasteiger partial charge in [0.05, 0.1) is 4.92 Å². The molecule has 0 spiro atoms. The minimum Gasteiger partial charge on any atom is -0.399 e. The number of hydrogen-bond donors (Lipinski definition) is 2. The summed E-state index contributed by atoms with van der Waals surface area (Å²) in [5, 5.41) is 10.9. The number of rotatable bonds is 6. The number of nitro groups is 1. The molecule has 0 bridgehead atoms. The Morgan fingerprint density at radius 2 is 1.95 bits per heavy atom. The van der Waals surface area contributed by atoms with E-state index in [0.29, 0.717) is 5.92 Å². The van der Waals surface area contributed by atoms with Gasteiger partial charge in [0.15, 0.2) is 4.90 Å². The fourth-order valence-electron chi connectivity index (χ4n) is 1.46. The Morgan fingerprint density at radius 1 is 1.35 bits per heavy atom. The van der Waals surface area contributed by atoms with E-state index in [9.17, 15) is 18.5 Å². The lowest BCUT2D eigenvalue weighted by Crippen LogP contribution is -2.30. The Balaban J connectivity index is 3.07. The summed E-state index contributed by atoms with van der Waals surface area (Å²) < 4.78 is 26.7. The molecule has 1 aromatic carbocycles. The average molecular weight is 301 g/mol. The Kier molecular flexibility index (Phi) is 5.07. The SMILES string of the molecule is CC(C)C(C)CNS(=O)(=O)c1ccc(N)cc1[N+](=O)[O-]. The molecule has 0 saturated heterocycles. The first-order valence-corrected chi connectivity index (χ1v) is 7.67. The molecule has 0 fully saturated rings. The largest absolute Gasteiger partial charge is 0.399 e. The summed E-state index contributed by atoms with van der Waals surface area (Å²) in [6, 6.07) is 3.52. The molecule has 0 aliphatic carbocycles. The smallest absolute Gasteiger partial charge is 0.291 e. The zero-order valence-corrected chi connectivity index (χ0v) is 12.5. The van der Waals surface area contributed by atoms with Crippen LogP contribution in [0.2, 0.25) is 0 Å². The molecule has 0 heterocycles. The Bertz CT molecular complexity index is 599. The maximum atomic E-state index is 12.1. The molecule has 112 valence electrons. The summed E-state index contributed by atoms with van der Waals surface area (Å²) in [4.78, 5) is 9.80. The molecule has 0 aliphatic heterocycles. The van der Waals surface area contributed by atoms with Crippen LogP contribution in [0.3, 0.4) is 0 Å². The maximum absolute atomic E-state index is 12.1. The van der Waals surface area contributed by atoms with E-state index in [1.807, 2.05) is 20.8 Å². The number of nitrogens with zero attached hydrogens (tertiary/aromatic N) is 1. The molecule has 1 rings (SSSR count). The van der Waals surface area contributed by atoms with Crippen LogP contribution in [0.5, 0.6) is 0 Å². The third-order valence-electron chi connectivity index (χ3n) is 3.20. The van der Waals surface area contributed by atoms with Crippen LogP contribution >= 0.6 is 0 Å². The van der Waals surface area contributed by atoms with Gasteiger partial charge in [-0.15, -0.1) is 0 Å². The molecule has 1 atom stereocenters. The number of nitrogens with two attached hydrogens (primary N) is 1. The Labute approximate surface area is 118 Å². The number of benzene rings is 1. The van der Waals surface area contributed by atoms with Crippen LogP contribution in [-0.2, 0) is 10.0 Å². The highest BCUT2D eigenvalue weighted by Crippen LogP contribution is 2.26. The molecule has 1 aromatic rings. The van der Waals surface area contributed by atoms with E-state index in [-0.39, 0.29) is 23.0 Å². The molecule has 20 heavy (non-hydrogen) atoms. The minimum atomic E-state index is -3.93. The van der Waals surface area contributed by atoms with Gasteiger partial charge in [-0.05, 0) is 24.0 Å². The molecular weight excluding hydrogens is 282 g/mol. The standard InChI is InChI=1S/C12H19N3O4S/c1-8(2)9(3)7-14-20(18,19)12-5-4-10(13)6-11(12)15(16)17/h4-6,8-9,14H,7,13H2,1-3H3. The highest BCUT2D eigenvalue weighted by molar-refractivity contribution is 7.89. The molecule has 7 nitrogen and oxygen atoms in total. The summed E-state index contributed by atoms with van der Waals surface area (Å²) >= 11 is 0. The highest BCUT2D eigenvalue weighted by Gasteiger charge is 2.26. The number of nitrogens with one attached hydrogen (secondary N) is 1. The molecule has 0 radical (unpaired) electrons. The fourth-order valence-corrected chi connectivity index (χ4v) is 2.75. The summed E-state index contributed by atoms with van der Waals surface area (Å²) in [5.74, 6) is 0.428. The molecular formula is C12H19N3O4S. The predicted octanol–water partition coefficient (Wildman–Crippen LogP) is 1.75. The second-order valence-corrected chi connectivity index (χ2v) is 6.79. The second-order valence-electron chi connectivity index (χ2n) is 5.06. The van der Waals surface area contributed by atoms with Gasteiger partial charge in [0.2, 0.25) is 10.0 Å². The Morgan fingerprint density at radius 3 is 2.45 bits per heavy atom. The van der Waals surface area contributed by atoms with Crippen molar-refractivity contribution < 1.29 is 13.3 Å². The van der Waals surface area contributed by atoms with Gasteiger partial charge in [-0.3, -0.25) is 10.1 Å². The van der Waals surface area contributed by atoms with E-state index in [2.05, 4.69) is 4.72 Å². The van der Waals surface area contributed by atoms with Crippen molar-refractivity contribution in [3.8, 4) is 0 Å². The number of nitrogen functional groups attached to an aromatic ring is 1. The van der Waals surface area contributed by atoms with Crippen LogP contribution in [0.25, 0.3) is 0 Å². The van der Waals surface area contributed by atoms with Crippen molar-refractivity contribution in [1.29, 1.82) is 0 Å². The van der Waals surface area contributed by atoms with Crippen molar-refractivity contribution in [3.63, 3.8) is 0 Å². The lowest BCUT2D eigenvalue weighted by molar-refractivity contribution is -0.387. The zero-order valence-electron chi connectivity index (χ0n) is 11.7. The van der Waals surface area contributed by atoms with Crippen LogP contribution in [0.15, 0.2) is 23.1 Å². The van der Waals surface area contributed by atoms with E-state index in [1.165, 1.54) is 6.07 Å². The number of sulfonamides is 1. The summed E-state index contributed by atoms with van der Waals surface area (Å²) in [6.45, 7) is 6.08. The van der Waals surface area contributed by atoms with Crippen molar-refractivity contribution in [2.24, 2.45) is 11.8 Å². The topological polar surface area (TPSA) is 115 Å². The lowest BCUT2D eigenvalue weighted by Gasteiger charge is -2.16. The van der Waals surface area contributed by atoms with Gasteiger partial charge in [0.25, 0.3) is 5.69 Å². The number of anilines is 1. The summed E-state index contributed by atoms with van der Waals surface area (Å²) in [6.07, 6.45) is 0. The maximum Gasteiger partial charge on any atom is 0.291 e. The third-order valence-corrected chi connectivity index (χ3v) is 4.67. The van der Waals surface area contributed by atoms with Crippen LogP contribution in [0.4, 0.5) is 11.4 Å². The quantitative estimate of drug-likeness (QED) is 0.472.